The summed E-state index contributed by atoms with van der Waals surface area (Å²) in [5, 5.41) is 0. The minimum Gasteiger partial charge on any atom is -0.369 e. The fraction of sp³-hybridized carbons (Fsp3) is 0.100. The third-order valence-electron chi connectivity index (χ3n) is 1.57. The lowest BCUT2D eigenvalue weighted by molar-refractivity contribution is -0.117. The topological polar surface area (TPSA) is 43.1 Å². The molecule has 0 unspecified atom stereocenters. The van der Waals surface area contributed by atoms with E-state index in [0.717, 1.165) is 14.5 Å². The molecule has 0 aliphatic heterocycles. The highest BCUT2D eigenvalue weighted by molar-refractivity contribution is 9.11. The summed E-state index contributed by atoms with van der Waals surface area (Å²) in [6, 6.07) is 5.84. The highest BCUT2D eigenvalue weighted by Gasteiger charge is 1.96. The number of primary amides is 1. The molecule has 0 fully saturated rings. The molecule has 0 spiro atoms. The monoisotopic (exact) mass is 317 g/mol. The minimum atomic E-state index is -0.327. The number of rotatable bonds is 3. The molecule has 0 atom stereocenters. The van der Waals surface area contributed by atoms with Crippen LogP contribution in [0.1, 0.15) is 12.0 Å². The zero-order valence-corrected chi connectivity index (χ0v) is 10.5. The predicted molar refractivity (Wildman–Crippen MR) is 64.7 cm³/mol. The lowest BCUT2D eigenvalue weighted by Gasteiger charge is -1.98. The molecule has 0 aliphatic rings. The SMILES string of the molecule is NC(=O)CC=Cc1cc(Br)ccc1Br. The van der Waals surface area contributed by atoms with Crippen LogP contribution in [-0.4, -0.2) is 5.91 Å². The van der Waals surface area contributed by atoms with Gasteiger partial charge in [0.15, 0.2) is 0 Å². The second-order valence-corrected chi connectivity index (χ2v) is 4.51. The summed E-state index contributed by atoms with van der Waals surface area (Å²) >= 11 is 6.78. The van der Waals surface area contributed by atoms with E-state index in [1.54, 1.807) is 6.08 Å². The lowest BCUT2D eigenvalue weighted by atomic mass is 10.2. The molecule has 2 N–H and O–H groups in total. The van der Waals surface area contributed by atoms with Crippen molar-refractivity contribution in [1.82, 2.24) is 0 Å². The van der Waals surface area contributed by atoms with Crippen molar-refractivity contribution >= 4 is 43.8 Å². The van der Waals surface area contributed by atoms with Gasteiger partial charge in [-0.2, -0.15) is 0 Å². The highest BCUT2D eigenvalue weighted by atomic mass is 79.9. The maximum absolute atomic E-state index is 10.5. The normalized spacial score (nSPS) is 10.7. The first-order valence-electron chi connectivity index (χ1n) is 3.99. The molecule has 0 aromatic heterocycles. The van der Waals surface area contributed by atoms with Gasteiger partial charge in [-0.25, -0.2) is 0 Å². The van der Waals surface area contributed by atoms with Gasteiger partial charge in [0, 0.05) is 15.4 Å². The van der Waals surface area contributed by atoms with E-state index >= 15 is 0 Å². The summed E-state index contributed by atoms with van der Waals surface area (Å²) in [4.78, 5) is 10.5. The molecule has 74 valence electrons. The zero-order chi connectivity index (χ0) is 10.6. The first-order chi connectivity index (χ1) is 6.59. The van der Waals surface area contributed by atoms with E-state index in [4.69, 9.17) is 5.73 Å². The first kappa shape index (κ1) is 11.5. The highest BCUT2D eigenvalue weighted by Crippen LogP contribution is 2.22. The second-order valence-electron chi connectivity index (χ2n) is 2.74. The Balaban J connectivity index is 2.80. The summed E-state index contributed by atoms with van der Waals surface area (Å²) in [5.74, 6) is -0.327. The molecular formula is C10H9Br2NO. The predicted octanol–water partition coefficient (Wildman–Crippen LogP) is 3.10. The fourth-order valence-electron chi connectivity index (χ4n) is 0.944. The minimum absolute atomic E-state index is 0.263. The molecule has 0 radical (unpaired) electrons. The van der Waals surface area contributed by atoms with Crippen molar-refractivity contribution in [3.05, 3.63) is 38.8 Å². The standard InChI is InChI=1S/C10H9Br2NO/c11-8-4-5-9(12)7(6-8)2-1-3-10(13)14/h1-2,4-6H,3H2,(H2,13,14). The quantitative estimate of drug-likeness (QED) is 0.914. The van der Waals surface area contributed by atoms with Gasteiger partial charge >= 0.3 is 0 Å². The van der Waals surface area contributed by atoms with Crippen molar-refractivity contribution < 1.29 is 4.79 Å². The van der Waals surface area contributed by atoms with Crippen molar-refractivity contribution in [3.8, 4) is 0 Å². The van der Waals surface area contributed by atoms with Gasteiger partial charge in [-0.3, -0.25) is 4.79 Å². The van der Waals surface area contributed by atoms with E-state index in [-0.39, 0.29) is 12.3 Å². The number of benzene rings is 1. The second kappa shape index (κ2) is 5.32. The third-order valence-corrected chi connectivity index (χ3v) is 2.79. The van der Waals surface area contributed by atoms with Crippen LogP contribution in [0.25, 0.3) is 6.08 Å². The van der Waals surface area contributed by atoms with Crippen molar-refractivity contribution in [3.63, 3.8) is 0 Å². The molecule has 1 amide bonds. The molecule has 0 saturated carbocycles. The number of carbonyl (C=O) groups is 1. The number of nitrogens with two attached hydrogens (primary N) is 1. The van der Waals surface area contributed by atoms with Crippen LogP contribution in [0.2, 0.25) is 0 Å². The molecule has 4 heteroatoms. The lowest BCUT2D eigenvalue weighted by Crippen LogP contribution is -2.07. The zero-order valence-electron chi connectivity index (χ0n) is 7.34. The van der Waals surface area contributed by atoms with Crippen LogP contribution in [0.3, 0.4) is 0 Å². The number of halogens is 2. The van der Waals surface area contributed by atoms with E-state index in [0.29, 0.717) is 0 Å². The molecule has 2 nitrogen and oxygen atoms in total. The number of hydrogen-bond donors (Lipinski definition) is 1. The number of hydrogen-bond acceptors (Lipinski definition) is 1. The Bertz CT molecular complexity index is 374. The van der Waals surface area contributed by atoms with E-state index in [1.165, 1.54) is 0 Å². The Morgan fingerprint density at radius 3 is 2.79 bits per heavy atom. The van der Waals surface area contributed by atoms with E-state index in [1.807, 2.05) is 24.3 Å². The van der Waals surface area contributed by atoms with E-state index in [9.17, 15) is 4.79 Å². The Morgan fingerprint density at radius 1 is 1.43 bits per heavy atom. The molecule has 1 rings (SSSR count). The summed E-state index contributed by atoms with van der Waals surface area (Å²) in [7, 11) is 0. The van der Waals surface area contributed by atoms with Crippen LogP contribution in [-0.2, 0) is 4.79 Å². The van der Waals surface area contributed by atoms with E-state index < -0.39 is 0 Å². The van der Waals surface area contributed by atoms with Gasteiger partial charge in [0.05, 0.1) is 0 Å². The van der Waals surface area contributed by atoms with Gasteiger partial charge in [-0.15, -0.1) is 0 Å². The molecule has 0 saturated heterocycles. The Kier molecular flexibility index (Phi) is 4.35. The smallest absolute Gasteiger partial charge is 0.221 e. The van der Waals surface area contributed by atoms with Crippen LogP contribution in [0.15, 0.2) is 33.2 Å². The summed E-state index contributed by atoms with van der Waals surface area (Å²) in [5.41, 5.74) is 6.03. The molecule has 1 aromatic rings. The van der Waals surface area contributed by atoms with Gasteiger partial charge in [0.25, 0.3) is 0 Å². The summed E-state index contributed by atoms with van der Waals surface area (Å²) < 4.78 is 1.99. The maximum atomic E-state index is 10.5. The van der Waals surface area contributed by atoms with Crippen LogP contribution in [0, 0.1) is 0 Å². The van der Waals surface area contributed by atoms with Crippen molar-refractivity contribution in [2.45, 2.75) is 6.42 Å². The van der Waals surface area contributed by atoms with Crippen LogP contribution >= 0.6 is 31.9 Å². The largest absolute Gasteiger partial charge is 0.369 e. The summed E-state index contributed by atoms with van der Waals surface area (Å²) in [6.07, 6.45) is 3.87. The molecule has 0 heterocycles. The average Bonchev–Trinajstić information content (AvgIpc) is 2.10. The molecule has 0 aliphatic carbocycles. The maximum Gasteiger partial charge on any atom is 0.221 e. The van der Waals surface area contributed by atoms with Crippen molar-refractivity contribution in [2.75, 3.05) is 0 Å². The van der Waals surface area contributed by atoms with Crippen molar-refractivity contribution in [1.29, 1.82) is 0 Å². The average molecular weight is 319 g/mol. The van der Waals surface area contributed by atoms with Crippen LogP contribution < -0.4 is 5.73 Å². The first-order valence-corrected chi connectivity index (χ1v) is 5.58. The van der Waals surface area contributed by atoms with Gasteiger partial charge in [0.1, 0.15) is 0 Å². The molecule has 0 bridgehead atoms. The number of carbonyl (C=O) groups excluding carboxylic acids is 1. The molecular weight excluding hydrogens is 310 g/mol. The van der Waals surface area contributed by atoms with Gasteiger partial charge in [-0.05, 0) is 23.8 Å². The van der Waals surface area contributed by atoms with Crippen LogP contribution in [0.5, 0.6) is 0 Å². The van der Waals surface area contributed by atoms with Gasteiger partial charge in [0.2, 0.25) is 5.91 Å². The Hall–Kier alpha value is -0.610. The Morgan fingerprint density at radius 2 is 2.14 bits per heavy atom. The number of amides is 1. The fourth-order valence-corrected chi connectivity index (χ4v) is 1.70. The third kappa shape index (κ3) is 3.64. The Labute approximate surface area is 99.4 Å². The van der Waals surface area contributed by atoms with Crippen LogP contribution in [0.4, 0.5) is 0 Å². The van der Waals surface area contributed by atoms with E-state index in [2.05, 4.69) is 31.9 Å². The van der Waals surface area contributed by atoms with Gasteiger partial charge < -0.3 is 5.73 Å². The van der Waals surface area contributed by atoms with Crippen molar-refractivity contribution in [2.24, 2.45) is 5.73 Å². The van der Waals surface area contributed by atoms with Gasteiger partial charge in [-0.1, -0.05) is 44.0 Å². The molecule has 14 heavy (non-hydrogen) atoms. The molecule has 1 aromatic carbocycles. The summed E-state index contributed by atoms with van der Waals surface area (Å²) in [6.45, 7) is 0.